The smallest absolute Gasteiger partial charge is 0.432 e. The summed E-state index contributed by atoms with van der Waals surface area (Å²) in [7, 11) is -4.42. The van der Waals surface area contributed by atoms with Crippen LogP contribution in [-0.2, 0) is 119 Å². The molecule has 0 saturated heterocycles. The van der Waals surface area contributed by atoms with Gasteiger partial charge in [-0.05, 0) is 109 Å². The van der Waals surface area contributed by atoms with E-state index in [4.69, 9.17) is 0 Å². The molecule has 0 spiro atoms. The van der Waals surface area contributed by atoms with Crippen LogP contribution in [0.15, 0.2) is 378 Å². The molecule has 46 heteroatoms. The zero-order valence-corrected chi connectivity index (χ0v) is 82.0. The van der Waals surface area contributed by atoms with Crippen molar-refractivity contribution in [3.8, 4) is 0 Å². The summed E-state index contributed by atoms with van der Waals surface area (Å²) in [6.45, 7) is 1.62. The molecular formula is C97H98F20N2O18S6+2. The second kappa shape index (κ2) is 55.6. The van der Waals surface area contributed by atoms with E-state index in [0.29, 0.717) is 0 Å². The third kappa shape index (κ3) is 45.6. The number of hydrogen-bond acceptors (Lipinski definition) is 18. The number of benzene rings is 11. The lowest BCUT2D eigenvalue weighted by molar-refractivity contribution is -0.884. The van der Waals surface area contributed by atoms with Crippen LogP contribution >= 0.6 is 0 Å². The zero-order chi connectivity index (χ0) is 108. The van der Waals surface area contributed by atoms with Crippen molar-refractivity contribution >= 4 is 87.2 Å². The topological polar surface area (TPSA) is 286 Å². The summed E-state index contributed by atoms with van der Waals surface area (Å²) in [4.78, 5) is 56.7. The number of halogens is 20. The Balaban J connectivity index is 0.000000351. The molecule has 0 aliphatic carbocycles. The summed E-state index contributed by atoms with van der Waals surface area (Å²) in [5, 5.41) is -12.4. The van der Waals surface area contributed by atoms with E-state index in [1.807, 2.05) is 0 Å². The molecule has 4 unspecified atom stereocenters. The molecule has 11 aromatic carbocycles. The highest BCUT2D eigenvalue weighted by molar-refractivity contribution is 7.97. The van der Waals surface area contributed by atoms with Crippen molar-refractivity contribution in [2.75, 3.05) is 49.4 Å². The van der Waals surface area contributed by atoms with Crippen LogP contribution in [0.2, 0.25) is 0 Å². The van der Waals surface area contributed by atoms with E-state index < -0.39 is 152 Å². The number of carbonyl (C=O) groups excluding carboxylic acids is 4. The molecule has 4 atom stereocenters. The first kappa shape index (κ1) is 124. The maximum absolute atomic E-state index is 13.1. The van der Waals surface area contributed by atoms with Crippen LogP contribution in [0.25, 0.3) is 0 Å². The van der Waals surface area contributed by atoms with Crippen molar-refractivity contribution in [1.29, 1.82) is 0 Å². The van der Waals surface area contributed by atoms with Gasteiger partial charge in [0.15, 0.2) is 64.3 Å². The van der Waals surface area contributed by atoms with E-state index in [-0.39, 0.29) is 46.5 Å². The number of rotatable bonds is 30. The minimum absolute atomic E-state index is 0.0146. The quantitative estimate of drug-likeness (QED) is 0.00768. The van der Waals surface area contributed by atoms with Crippen LogP contribution in [0.3, 0.4) is 0 Å². The van der Waals surface area contributed by atoms with E-state index >= 15 is 0 Å². The number of carbonyl (C=O) groups is 4. The third-order valence-corrected chi connectivity index (χ3v) is 26.3. The molecule has 11 aromatic rings. The third-order valence-electron chi connectivity index (χ3n) is 17.5. The van der Waals surface area contributed by atoms with Gasteiger partial charge in [0.1, 0.15) is 13.1 Å². The number of quaternary nitrogens is 2. The highest BCUT2D eigenvalue weighted by Gasteiger charge is 2.65. The average molecular weight is 2150 g/mol. The van der Waals surface area contributed by atoms with Crippen molar-refractivity contribution in [3.63, 3.8) is 0 Å². The lowest BCUT2D eigenvalue weighted by Gasteiger charge is -2.29. The van der Waals surface area contributed by atoms with Gasteiger partial charge in [-0.1, -0.05) is 224 Å². The minimum atomic E-state index is -6.99. The minimum Gasteiger partial charge on any atom is -0.743 e. The summed E-state index contributed by atoms with van der Waals surface area (Å²) in [6, 6.07) is 118. The van der Waals surface area contributed by atoms with Gasteiger partial charge in [0, 0.05) is 25.0 Å². The van der Waals surface area contributed by atoms with Crippen molar-refractivity contribution in [2.45, 2.75) is 168 Å². The van der Waals surface area contributed by atoms with Crippen LogP contribution in [0, 0.1) is 0 Å². The number of hydrogen-bond donors (Lipinski definition) is 0. The van der Waals surface area contributed by atoms with Crippen LogP contribution in [0.1, 0.15) is 50.7 Å². The summed E-state index contributed by atoms with van der Waals surface area (Å²) in [6.07, 6.45) is -48.4. The maximum Gasteiger partial charge on any atom is 0.432 e. The molecule has 0 fully saturated rings. The Hall–Kier alpha value is -11.4. The van der Waals surface area contributed by atoms with Gasteiger partial charge < -0.3 is 41.6 Å². The van der Waals surface area contributed by atoms with E-state index in [9.17, 15) is 146 Å². The van der Waals surface area contributed by atoms with Gasteiger partial charge in [-0.25, -0.2) is 42.8 Å². The first-order valence-corrected chi connectivity index (χ1v) is 49.3. The second-order valence-electron chi connectivity index (χ2n) is 31.8. The zero-order valence-electron chi connectivity index (χ0n) is 77.1. The second-order valence-corrected chi connectivity index (χ2v) is 41.9. The van der Waals surface area contributed by atoms with Gasteiger partial charge in [0.2, 0.25) is 10.4 Å². The molecule has 0 heterocycles. The lowest BCUT2D eigenvalue weighted by atomic mass is 10.2. The molecule has 0 amide bonds. The van der Waals surface area contributed by atoms with Crippen LogP contribution in [0.4, 0.5) is 87.8 Å². The van der Waals surface area contributed by atoms with Crippen LogP contribution < -0.4 is 0 Å². The summed E-state index contributed by atoms with van der Waals surface area (Å²) in [5.41, 5.74) is 2.81. The van der Waals surface area contributed by atoms with E-state index in [0.717, 1.165) is 29.2 Å². The first-order chi connectivity index (χ1) is 66.1. The van der Waals surface area contributed by atoms with Gasteiger partial charge in [-0.2, -0.15) is 70.2 Å². The van der Waals surface area contributed by atoms with Gasteiger partial charge in [-0.15, -0.1) is 0 Å². The Morgan fingerprint density at radius 1 is 0.266 bits per heavy atom. The molecule has 778 valence electrons. The molecule has 0 bridgehead atoms. The molecule has 0 aliphatic rings. The van der Waals surface area contributed by atoms with Crippen LogP contribution in [-0.4, -0.2) is 193 Å². The number of nitrogens with zero attached hydrogens (tertiary/aromatic N) is 2. The van der Waals surface area contributed by atoms with Gasteiger partial charge in [-0.3, -0.25) is 23.4 Å². The highest BCUT2D eigenvalue weighted by atomic mass is 32.3. The maximum atomic E-state index is 13.1. The van der Waals surface area contributed by atoms with E-state index in [1.165, 1.54) is 55.2 Å². The molecule has 0 aliphatic heterocycles. The Kier molecular flexibility index (Phi) is 48.1. The number of ether oxygens (including phenoxy) is 4. The summed E-state index contributed by atoms with van der Waals surface area (Å²) < 4.78 is 360. The fourth-order valence-electron chi connectivity index (χ4n) is 11.5. The van der Waals surface area contributed by atoms with Crippen molar-refractivity contribution in [1.82, 2.24) is 0 Å². The highest BCUT2D eigenvalue weighted by Crippen LogP contribution is 2.43. The molecule has 20 nitrogen and oxygen atoms in total. The SMILES string of the molecule is CC(F)(F)C(OC(=O)CCC(=O)OC(C(F)(F)F)C(F)(F)S(=O)(=O)[O-])C(F)(F)F.CC(F)(F)C(OC(=O)CCC(=O)OC(C(F)(F)F)C(F)(F)S(=O)(=O)[O-])C(F)(F)F.COS(=O)(=O)[O-].C[N+](C)(C)Cc1ccccc1.C[N+](C)(C)Cc1ccccc1.c1ccc([S+](c2ccccc2)c2ccccc2)cc1.c1ccc([S+](c2ccccc2)c2ccccc2)cc1.c1ccc([S+](c2ccccc2)c2ccccc2)cc1. The number of esters is 4. The Bertz CT molecular complexity index is 5210. The monoisotopic (exact) mass is 2150 g/mol. The molecule has 143 heavy (non-hydrogen) atoms. The van der Waals surface area contributed by atoms with Crippen LogP contribution in [0.5, 0.6) is 0 Å². The normalized spacial score (nSPS) is 13.0. The molecule has 0 aromatic heterocycles. The Morgan fingerprint density at radius 3 is 0.510 bits per heavy atom. The number of alkyl halides is 20. The summed E-state index contributed by atoms with van der Waals surface area (Å²) >= 11 is 0. The van der Waals surface area contributed by atoms with Gasteiger partial charge >= 0.3 is 59.1 Å². The van der Waals surface area contributed by atoms with Gasteiger partial charge in [0.25, 0.3) is 36.3 Å². The van der Waals surface area contributed by atoms with E-state index in [1.54, 1.807) is 0 Å². The molecule has 0 N–H and O–H groups in total. The first-order valence-electron chi connectivity index (χ1n) is 41.4. The predicted octanol–water partition coefficient (Wildman–Crippen LogP) is 22.2. The Labute approximate surface area is 822 Å². The van der Waals surface area contributed by atoms with Crippen molar-refractivity contribution in [3.05, 3.63) is 345 Å². The average Bonchev–Trinajstić information content (AvgIpc) is 0.776. The standard InChI is InChI=1S/3C18H15S.2C11H10F10O7S.2C10H16N.CH4O4S/c3*1-4-10-16(11-5-1)19(17-12-6-2-7-13-17)18-14-8-3-9-15-18;2*1-8(12,13)6(9(14,15)16)27-4(22)2-3-5(23)28-7(10(17,18)19)11(20,21)29(24,25)26;2*1-11(2,3)9-10-7-5-4-6-8-10;1-5-6(2,3)4/h3*1-15H;2*6-7H,2-3H2,1H3,(H,24,25,26);2*4-8H,9H2,1-3H3;1H3,(H,2,3,4)/q3*+1;;;2*+1;/p-3. The summed E-state index contributed by atoms with van der Waals surface area (Å²) in [5.74, 6) is -18.5. The molecule has 0 radical (unpaired) electrons. The Morgan fingerprint density at radius 2 is 0.399 bits per heavy atom. The largest absolute Gasteiger partial charge is 0.743 e. The fraction of sp³-hybridized carbons (Fsp3) is 0.278. The van der Waals surface area contributed by atoms with Crippen molar-refractivity contribution in [2.24, 2.45) is 0 Å². The molecule has 0 saturated carbocycles. The fourth-order valence-corrected chi connectivity index (χ4v) is 18.7. The van der Waals surface area contributed by atoms with E-state index in [2.05, 4.69) is 399 Å². The molecular weight excluding hydrogens is 2050 g/mol. The lowest BCUT2D eigenvalue weighted by Crippen LogP contribution is -2.52. The van der Waals surface area contributed by atoms with Crippen molar-refractivity contribution < 1.29 is 178 Å². The van der Waals surface area contributed by atoms with Gasteiger partial charge in [0.05, 0.1) is 108 Å². The molecule has 11 rings (SSSR count). The predicted molar refractivity (Wildman–Crippen MR) is 490 cm³/mol.